The molecule has 0 atom stereocenters. The van der Waals surface area contributed by atoms with Gasteiger partial charge in [-0.3, -0.25) is 0 Å². The van der Waals surface area contributed by atoms with Crippen molar-refractivity contribution in [2.75, 3.05) is 5.75 Å². The van der Waals surface area contributed by atoms with Crippen molar-refractivity contribution in [3.05, 3.63) is 4.16 Å². The molecular formula is C5H8BrS-. The molecule has 0 bridgehead atoms. The first-order valence-electron chi connectivity index (χ1n) is 2.54. The van der Waals surface area contributed by atoms with Gasteiger partial charge in [0, 0.05) is 0 Å². The fraction of sp³-hybridized carbons (Fsp3) is 0.800. The highest BCUT2D eigenvalue weighted by atomic mass is 79.9. The number of hydrogen-bond donors (Lipinski definition) is 0. The lowest BCUT2D eigenvalue weighted by molar-refractivity contribution is 0.790. The van der Waals surface area contributed by atoms with E-state index < -0.39 is 0 Å². The second-order valence-corrected chi connectivity index (χ2v) is 4.33. The summed E-state index contributed by atoms with van der Waals surface area (Å²) in [4.78, 5) is 0. The van der Waals surface area contributed by atoms with Crippen LogP contribution >= 0.6 is 27.7 Å². The molecule has 1 fully saturated rings. The fourth-order valence-electron chi connectivity index (χ4n) is 0.621. The summed E-state index contributed by atoms with van der Waals surface area (Å²) in [6.07, 6.45) is 4.07. The van der Waals surface area contributed by atoms with Crippen LogP contribution in [0.25, 0.3) is 0 Å². The SMILES string of the molecule is Br[C-]1CCCCS1. The van der Waals surface area contributed by atoms with Gasteiger partial charge < -0.3 is 27.7 Å². The van der Waals surface area contributed by atoms with E-state index in [2.05, 4.69) is 15.9 Å². The third-order valence-corrected chi connectivity index (χ3v) is 3.12. The van der Waals surface area contributed by atoms with Gasteiger partial charge in [0.2, 0.25) is 0 Å². The average molecular weight is 180 g/mol. The Labute approximate surface area is 57.2 Å². The summed E-state index contributed by atoms with van der Waals surface area (Å²) in [6, 6.07) is 0. The molecule has 2 heteroatoms. The zero-order valence-electron chi connectivity index (χ0n) is 4.11. The summed E-state index contributed by atoms with van der Waals surface area (Å²) in [7, 11) is 0. The van der Waals surface area contributed by atoms with E-state index in [0.29, 0.717) is 0 Å². The topological polar surface area (TPSA) is 0 Å². The first-order chi connectivity index (χ1) is 3.39. The van der Waals surface area contributed by atoms with Gasteiger partial charge >= 0.3 is 0 Å². The van der Waals surface area contributed by atoms with Gasteiger partial charge in [0.1, 0.15) is 0 Å². The van der Waals surface area contributed by atoms with Gasteiger partial charge in [0.05, 0.1) is 0 Å². The molecule has 1 saturated heterocycles. The fourth-order valence-corrected chi connectivity index (χ4v) is 2.25. The molecule has 1 heterocycles. The smallest absolute Gasteiger partial charge is 0.0365 e. The van der Waals surface area contributed by atoms with Gasteiger partial charge in [-0.05, 0) is 12.2 Å². The van der Waals surface area contributed by atoms with Crippen molar-refractivity contribution in [1.29, 1.82) is 0 Å². The van der Waals surface area contributed by atoms with Gasteiger partial charge in [-0.25, -0.2) is 0 Å². The monoisotopic (exact) mass is 179 g/mol. The summed E-state index contributed by atoms with van der Waals surface area (Å²) in [5.74, 6) is 1.32. The number of rotatable bonds is 0. The van der Waals surface area contributed by atoms with Crippen LogP contribution in [0.5, 0.6) is 0 Å². The van der Waals surface area contributed by atoms with Crippen molar-refractivity contribution in [2.24, 2.45) is 0 Å². The third kappa shape index (κ3) is 2.04. The Kier molecular flexibility index (Phi) is 2.53. The van der Waals surface area contributed by atoms with Crippen LogP contribution in [0.2, 0.25) is 0 Å². The Morgan fingerprint density at radius 3 is 2.57 bits per heavy atom. The molecule has 0 aliphatic carbocycles. The Hall–Kier alpha value is 0.830. The Bertz CT molecular complexity index is 50.0. The van der Waals surface area contributed by atoms with Gasteiger partial charge in [-0.2, -0.15) is 10.6 Å². The number of thioether (sulfide) groups is 1. The molecule has 0 nitrogen and oxygen atoms in total. The van der Waals surface area contributed by atoms with Crippen LogP contribution < -0.4 is 0 Å². The number of halogens is 1. The molecule has 0 spiro atoms. The molecule has 0 amide bonds. The highest BCUT2D eigenvalue weighted by molar-refractivity contribution is 9.13. The van der Waals surface area contributed by atoms with Crippen molar-refractivity contribution in [3.8, 4) is 0 Å². The predicted molar refractivity (Wildman–Crippen MR) is 38.5 cm³/mol. The zero-order valence-corrected chi connectivity index (χ0v) is 6.52. The normalized spacial score (nSPS) is 25.3. The lowest BCUT2D eigenvalue weighted by atomic mass is 10.3. The van der Waals surface area contributed by atoms with Crippen LogP contribution in [-0.2, 0) is 0 Å². The molecule has 0 radical (unpaired) electrons. The van der Waals surface area contributed by atoms with E-state index in [1.54, 1.807) is 0 Å². The zero-order chi connectivity index (χ0) is 5.11. The molecule has 0 unspecified atom stereocenters. The van der Waals surface area contributed by atoms with E-state index in [0.717, 1.165) is 0 Å². The maximum absolute atomic E-state index is 3.47. The second kappa shape index (κ2) is 2.98. The Balaban J connectivity index is 2.12. The van der Waals surface area contributed by atoms with Crippen LogP contribution in [0.4, 0.5) is 0 Å². The number of hydrogen-bond acceptors (Lipinski definition) is 1. The van der Waals surface area contributed by atoms with Gasteiger partial charge in [0.15, 0.2) is 0 Å². The first kappa shape index (κ1) is 5.96. The van der Waals surface area contributed by atoms with E-state index in [-0.39, 0.29) is 0 Å². The Morgan fingerprint density at radius 2 is 2.29 bits per heavy atom. The van der Waals surface area contributed by atoms with E-state index in [9.17, 15) is 0 Å². The second-order valence-electron chi connectivity index (χ2n) is 1.66. The quantitative estimate of drug-likeness (QED) is 0.516. The Morgan fingerprint density at radius 1 is 1.43 bits per heavy atom. The first-order valence-corrected chi connectivity index (χ1v) is 4.31. The predicted octanol–water partition coefficient (Wildman–Crippen LogP) is 2.79. The van der Waals surface area contributed by atoms with Gasteiger partial charge in [-0.1, -0.05) is 6.42 Å². The molecular weight excluding hydrogens is 172 g/mol. The summed E-state index contributed by atoms with van der Waals surface area (Å²) in [5.41, 5.74) is 0. The molecule has 0 aromatic carbocycles. The van der Waals surface area contributed by atoms with Gasteiger partial charge in [-0.15, -0.1) is 0 Å². The van der Waals surface area contributed by atoms with Crippen molar-refractivity contribution < 1.29 is 0 Å². The highest BCUT2D eigenvalue weighted by Crippen LogP contribution is 2.36. The van der Waals surface area contributed by atoms with Crippen molar-refractivity contribution in [1.82, 2.24) is 0 Å². The van der Waals surface area contributed by atoms with Gasteiger partial charge in [0.25, 0.3) is 0 Å². The van der Waals surface area contributed by atoms with E-state index in [4.69, 9.17) is 0 Å². The van der Waals surface area contributed by atoms with Crippen LogP contribution in [0, 0.1) is 4.16 Å². The summed E-state index contributed by atoms with van der Waals surface area (Å²) >= 11 is 5.42. The summed E-state index contributed by atoms with van der Waals surface area (Å²) < 4.78 is 1.44. The van der Waals surface area contributed by atoms with E-state index in [1.807, 2.05) is 11.8 Å². The molecule has 0 saturated carbocycles. The standard InChI is InChI=1S/C5H8BrS/c6-5-3-1-2-4-7-5/h1-4H2/q-1. The molecule has 7 heavy (non-hydrogen) atoms. The molecule has 0 N–H and O–H groups in total. The van der Waals surface area contributed by atoms with E-state index in [1.165, 1.54) is 29.2 Å². The molecule has 0 aromatic rings. The summed E-state index contributed by atoms with van der Waals surface area (Å²) in [5, 5.41) is 0. The molecule has 0 aromatic heterocycles. The summed E-state index contributed by atoms with van der Waals surface area (Å²) in [6.45, 7) is 0. The highest BCUT2D eigenvalue weighted by Gasteiger charge is 1.95. The third-order valence-electron chi connectivity index (χ3n) is 1.03. The van der Waals surface area contributed by atoms with Crippen LogP contribution in [-0.4, -0.2) is 5.75 Å². The van der Waals surface area contributed by atoms with Crippen molar-refractivity contribution in [2.45, 2.75) is 19.3 Å². The van der Waals surface area contributed by atoms with Crippen LogP contribution in [0.1, 0.15) is 19.3 Å². The minimum Gasteiger partial charge on any atom is -0.337 e. The van der Waals surface area contributed by atoms with Crippen LogP contribution in [0.15, 0.2) is 0 Å². The lowest BCUT2D eigenvalue weighted by Crippen LogP contribution is -1.92. The minimum absolute atomic E-state index is 1.28. The van der Waals surface area contributed by atoms with Crippen LogP contribution in [0.3, 0.4) is 0 Å². The average Bonchev–Trinajstić information content (AvgIpc) is 1.69. The van der Waals surface area contributed by atoms with Crippen molar-refractivity contribution in [3.63, 3.8) is 0 Å². The molecule has 42 valence electrons. The molecule has 1 rings (SSSR count). The van der Waals surface area contributed by atoms with E-state index >= 15 is 0 Å². The largest absolute Gasteiger partial charge is 0.337 e. The minimum atomic E-state index is 1.28. The molecule has 1 aliphatic rings. The molecule has 1 aliphatic heterocycles. The lowest BCUT2D eigenvalue weighted by Gasteiger charge is -2.28. The van der Waals surface area contributed by atoms with Crippen molar-refractivity contribution >= 4 is 27.7 Å². The maximum Gasteiger partial charge on any atom is -0.0365 e. The maximum atomic E-state index is 3.47.